The molecule has 0 spiro atoms. The van der Waals surface area contributed by atoms with Crippen molar-refractivity contribution in [2.75, 3.05) is 12.4 Å². The predicted molar refractivity (Wildman–Crippen MR) is 225 cm³/mol. The molecule has 1 N–H and O–H groups in total. The Balaban J connectivity index is -0.000000132. The SMILES string of the molecule is C.C=C.C=C(CCCC)OCl.CC.CC.CC.CCC.CNc1cc(C)ccc1N=Nc1cc(C)c(C)cc1C.Cc1ccc(C)cc1. The predicted octanol–water partition coefficient (Wildman–Crippen LogP) is 16.5. The van der Waals surface area contributed by atoms with Gasteiger partial charge in [0.05, 0.1) is 11.4 Å². The summed E-state index contributed by atoms with van der Waals surface area (Å²) < 4.78 is 4.33. The Morgan fingerprint density at radius 2 is 1.06 bits per heavy atom. The molecule has 3 aromatic carbocycles. The number of azo groups is 1. The Morgan fingerprint density at radius 1 is 0.667 bits per heavy atom. The van der Waals surface area contributed by atoms with Crippen molar-refractivity contribution in [3.63, 3.8) is 0 Å². The molecule has 0 aliphatic heterocycles. The fraction of sp³-hybridized carbons (Fsp3) is 0.488. The molecule has 0 aromatic heterocycles. The van der Waals surface area contributed by atoms with Gasteiger partial charge in [0.1, 0.15) is 23.3 Å². The standard InChI is InChI=1S/C17H21N3.C8H10.C6H11ClO.C3H8.3C2H6.C2H4.CH4/c1-11-6-7-15(17(8-11)18-5)19-20-16-10-13(3)12(2)9-14(16)4;1-7-3-5-8(2)6-4-7;1-3-4-5-6(2)8-7;1-3-2;4*1-2;/h6-10,18H,1-5H3;3-6H,1-2H3;2-5H2,1H3;3H2,1-2H3;3*1-2H3;1-2H2;1H4. The number of anilines is 1. The number of hydrogen-bond donors (Lipinski definition) is 1. The first-order chi connectivity index (χ1) is 22.5. The van der Waals surface area contributed by atoms with E-state index >= 15 is 0 Å². The lowest BCUT2D eigenvalue weighted by Crippen LogP contribution is -1.88. The van der Waals surface area contributed by atoms with Gasteiger partial charge in [0, 0.05) is 13.5 Å². The maximum Gasteiger partial charge on any atom is 0.134 e. The third-order valence-electron chi connectivity index (χ3n) is 5.64. The van der Waals surface area contributed by atoms with Crippen LogP contribution >= 0.6 is 11.9 Å². The lowest BCUT2D eigenvalue weighted by atomic mass is 10.1. The molecule has 3 rings (SSSR count). The molecule has 0 heterocycles. The molecular weight excluding hydrogens is 610 g/mol. The van der Waals surface area contributed by atoms with E-state index in [-0.39, 0.29) is 7.43 Å². The summed E-state index contributed by atoms with van der Waals surface area (Å²) in [5.41, 5.74) is 10.3. The minimum atomic E-state index is 0. The van der Waals surface area contributed by atoms with Gasteiger partial charge in [-0.25, -0.2) is 0 Å². The summed E-state index contributed by atoms with van der Waals surface area (Å²) in [5, 5.41) is 11.9. The summed E-state index contributed by atoms with van der Waals surface area (Å²) in [4.78, 5) is 0. The molecule has 0 saturated heterocycles. The highest BCUT2D eigenvalue weighted by Gasteiger charge is 2.03. The van der Waals surface area contributed by atoms with E-state index in [1.54, 1.807) is 0 Å². The summed E-state index contributed by atoms with van der Waals surface area (Å²) in [6.07, 6.45) is 4.38. The number of rotatable bonds is 7. The molecule has 0 aliphatic carbocycles. The van der Waals surface area contributed by atoms with Gasteiger partial charge in [0.2, 0.25) is 0 Å². The average Bonchev–Trinajstić information content (AvgIpc) is 3.10. The van der Waals surface area contributed by atoms with E-state index in [0.29, 0.717) is 5.76 Å². The van der Waals surface area contributed by atoms with Gasteiger partial charge in [-0.1, -0.05) is 137 Å². The highest BCUT2D eigenvalue weighted by Crippen LogP contribution is 2.29. The fourth-order valence-corrected chi connectivity index (χ4v) is 3.22. The molecule has 0 atom stereocenters. The number of benzene rings is 3. The van der Waals surface area contributed by atoms with Crippen LogP contribution in [0.2, 0.25) is 0 Å². The zero-order chi connectivity index (χ0) is 37.8. The number of halogens is 1. The van der Waals surface area contributed by atoms with Crippen LogP contribution in [0.4, 0.5) is 17.1 Å². The monoisotopic (exact) mass is 686 g/mol. The molecular formula is C43H76ClN3O. The van der Waals surface area contributed by atoms with Crippen LogP contribution in [0.25, 0.3) is 0 Å². The van der Waals surface area contributed by atoms with Crippen LogP contribution in [-0.2, 0) is 4.29 Å². The highest BCUT2D eigenvalue weighted by atomic mass is 35.5. The number of hydrogen-bond acceptors (Lipinski definition) is 4. The molecule has 5 heteroatoms. The molecule has 0 bridgehead atoms. The van der Waals surface area contributed by atoms with Gasteiger partial charge in [0.25, 0.3) is 0 Å². The fourth-order valence-electron chi connectivity index (χ4n) is 3.15. The first-order valence-corrected chi connectivity index (χ1v) is 17.6. The Hall–Kier alpha value is -3.37. The number of aryl methyl sites for hydroxylation is 6. The number of nitrogens with zero attached hydrogens (tertiary/aromatic N) is 2. The van der Waals surface area contributed by atoms with Crippen LogP contribution in [0.3, 0.4) is 0 Å². The third kappa shape index (κ3) is 31.2. The van der Waals surface area contributed by atoms with Crippen molar-refractivity contribution < 1.29 is 4.29 Å². The van der Waals surface area contributed by atoms with Crippen molar-refractivity contribution in [1.82, 2.24) is 0 Å². The van der Waals surface area contributed by atoms with Crippen molar-refractivity contribution in [3.8, 4) is 0 Å². The van der Waals surface area contributed by atoms with Crippen LogP contribution in [0.5, 0.6) is 0 Å². The van der Waals surface area contributed by atoms with Crippen LogP contribution in [0, 0.1) is 41.5 Å². The summed E-state index contributed by atoms with van der Waals surface area (Å²) in [6.45, 7) is 40.5. The second-order valence-electron chi connectivity index (χ2n) is 9.77. The van der Waals surface area contributed by atoms with Crippen LogP contribution in [0.1, 0.15) is 129 Å². The van der Waals surface area contributed by atoms with E-state index in [1.807, 2.05) is 60.7 Å². The summed E-state index contributed by atoms with van der Waals surface area (Å²) >= 11 is 4.99. The van der Waals surface area contributed by atoms with Crippen molar-refractivity contribution in [2.24, 2.45) is 10.2 Å². The number of allylic oxidation sites excluding steroid dienone is 1. The van der Waals surface area contributed by atoms with Gasteiger partial charge in [-0.3, -0.25) is 0 Å². The van der Waals surface area contributed by atoms with Crippen molar-refractivity contribution in [1.29, 1.82) is 0 Å². The largest absolute Gasteiger partial charge is 0.391 e. The summed E-state index contributed by atoms with van der Waals surface area (Å²) in [7, 11) is 1.90. The Morgan fingerprint density at radius 3 is 1.46 bits per heavy atom. The zero-order valence-electron chi connectivity index (χ0n) is 33.3. The number of unbranched alkanes of at least 4 members (excludes halogenated alkanes) is 1. The van der Waals surface area contributed by atoms with Crippen molar-refractivity contribution in [2.45, 2.75) is 137 Å². The van der Waals surface area contributed by atoms with Gasteiger partial charge in [0.15, 0.2) is 0 Å². The van der Waals surface area contributed by atoms with E-state index in [0.717, 1.165) is 41.9 Å². The topological polar surface area (TPSA) is 46.0 Å². The van der Waals surface area contributed by atoms with E-state index < -0.39 is 0 Å². The molecule has 0 fully saturated rings. The van der Waals surface area contributed by atoms with E-state index in [9.17, 15) is 0 Å². The molecule has 276 valence electrons. The lowest BCUT2D eigenvalue weighted by molar-refractivity contribution is 0.441. The Bertz CT molecular complexity index is 1130. The van der Waals surface area contributed by atoms with Crippen LogP contribution in [-0.4, -0.2) is 7.05 Å². The summed E-state index contributed by atoms with van der Waals surface area (Å²) in [6, 6.07) is 18.8. The maximum atomic E-state index is 4.99. The van der Waals surface area contributed by atoms with E-state index in [4.69, 9.17) is 11.9 Å². The lowest BCUT2D eigenvalue weighted by Gasteiger charge is -2.07. The van der Waals surface area contributed by atoms with Crippen molar-refractivity contribution in [3.05, 3.63) is 113 Å². The second-order valence-corrected chi connectivity index (χ2v) is 9.93. The molecule has 0 amide bonds. The molecule has 0 unspecified atom stereocenters. The van der Waals surface area contributed by atoms with Gasteiger partial charge in [-0.05, 0) is 88.4 Å². The minimum absolute atomic E-state index is 0. The smallest absolute Gasteiger partial charge is 0.134 e. The first kappa shape index (κ1) is 56.9. The maximum absolute atomic E-state index is 4.99. The molecule has 4 nitrogen and oxygen atoms in total. The van der Waals surface area contributed by atoms with Crippen LogP contribution < -0.4 is 5.32 Å². The third-order valence-corrected chi connectivity index (χ3v) is 5.85. The van der Waals surface area contributed by atoms with Gasteiger partial charge in [-0.15, -0.1) is 18.3 Å². The first-order valence-electron chi connectivity index (χ1n) is 17.3. The van der Waals surface area contributed by atoms with Gasteiger partial charge < -0.3 is 9.61 Å². The molecule has 0 radical (unpaired) electrons. The molecule has 0 aliphatic rings. The summed E-state index contributed by atoms with van der Waals surface area (Å²) in [5.74, 6) is 0.661. The highest BCUT2D eigenvalue weighted by molar-refractivity contribution is 6.08. The molecule has 48 heavy (non-hydrogen) atoms. The van der Waals surface area contributed by atoms with Crippen LogP contribution in [0.15, 0.2) is 90.3 Å². The Kier molecular flexibility index (Phi) is 49.4. The van der Waals surface area contributed by atoms with Gasteiger partial charge >= 0.3 is 0 Å². The quantitative estimate of drug-likeness (QED) is 0.153. The Labute approximate surface area is 305 Å². The number of nitrogens with one attached hydrogen (secondary N) is 1. The average molecular weight is 687 g/mol. The van der Waals surface area contributed by atoms with E-state index in [1.165, 1.54) is 34.2 Å². The van der Waals surface area contributed by atoms with Crippen molar-refractivity contribution >= 4 is 28.9 Å². The minimum Gasteiger partial charge on any atom is -0.391 e. The van der Waals surface area contributed by atoms with Gasteiger partial charge in [-0.2, -0.15) is 5.11 Å². The zero-order valence-corrected chi connectivity index (χ0v) is 34.1. The molecule has 3 aromatic rings. The second kappa shape index (κ2) is 41.7. The van der Waals surface area contributed by atoms with E-state index in [2.05, 4.69) is 144 Å². The normalized spacial score (nSPS) is 8.44. The molecule has 0 saturated carbocycles.